The molecule has 4 nitrogen and oxygen atoms in total. The summed E-state index contributed by atoms with van der Waals surface area (Å²) in [5, 5.41) is 9.42. The van der Waals surface area contributed by atoms with E-state index in [0.29, 0.717) is 17.5 Å². The molecule has 0 aliphatic carbocycles. The van der Waals surface area contributed by atoms with E-state index in [9.17, 15) is 0 Å². The third-order valence-corrected chi connectivity index (χ3v) is 8.30. The van der Waals surface area contributed by atoms with Crippen LogP contribution in [0.3, 0.4) is 0 Å². The highest BCUT2D eigenvalue weighted by Gasteiger charge is 2.15. The SMILES string of the molecule is c1ccc(-c2nc(-c3ccc4ccc5c6ccccc6ccc5c4c3)nc(-c3ccc4oc5ccccc5c4c3)n2)cc1. The third kappa shape index (κ3) is 3.88. The van der Waals surface area contributed by atoms with Crippen LogP contribution in [0.4, 0.5) is 0 Å². The van der Waals surface area contributed by atoms with Crippen LogP contribution >= 0.6 is 0 Å². The zero-order valence-electron chi connectivity index (χ0n) is 23.0. The van der Waals surface area contributed by atoms with Crippen molar-refractivity contribution in [3.63, 3.8) is 0 Å². The third-order valence-electron chi connectivity index (χ3n) is 8.30. The van der Waals surface area contributed by atoms with Gasteiger partial charge in [0.1, 0.15) is 11.2 Å². The molecule has 0 radical (unpaired) electrons. The number of nitrogens with zero attached hydrogens (tertiary/aromatic N) is 3. The average molecular weight is 550 g/mol. The van der Waals surface area contributed by atoms with Gasteiger partial charge in [0.25, 0.3) is 0 Å². The Bertz CT molecular complexity index is 2510. The fourth-order valence-corrected chi connectivity index (χ4v) is 6.17. The summed E-state index contributed by atoms with van der Waals surface area (Å²) in [5.74, 6) is 1.91. The number of furan rings is 1. The summed E-state index contributed by atoms with van der Waals surface area (Å²) in [6.07, 6.45) is 0. The molecule has 0 fully saturated rings. The Morgan fingerprint density at radius 2 is 0.860 bits per heavy atom. The van der Waals surface area contributed by atoms with Crippen molar-refractivity contribution in [2.75, 3.05) is 0 Å². The standard InChI is InChI=1S/C39H23N3O/c1-2-9-26(10-3-1)37-40-38(42-39(41-37)28-18-21-36-34(23-28)32-12-6-7-13-35(32)43-36)27-15-14-25-17-19-30-29-11-5-4-8-24(29)16-20-31(30)33(25)22-27/h1-23H. The van der Waals surface area contributed by atoms with Gasteiger partial charge >= 0.3 is 0 Å². The Hall–Kier alpha value is -5.87. The number of para-hydroxylation sites is 1. The number of hydrogen-bond donors (Lipinski definition) is 0. The summed E-state index contributed by atoms with van der Waals surface area (Å²) in [6, 6.07) is 48.2. The highest BCUT2D eigenvalue weighted by atomic mass is 16.3. The zero-order chi connectivity index (χ0) is 28.3. The van der Waals surface area contributed by atoms with E-state index >= 15 is 0 Å². The van der Waals surface area contributed by atoms with Crippen LogP contribution in [0.25, 0.3) is 88.4 Å². The topological polar surface area (TPSA) is 51.8 Å². The number of rotatable bonds is 3. The molecule has 0 aliphatic rings. The highest BCUT2D eigenvalue weighted by molar-refractivity contribution is 6.17. The largest absolute Gasteiger partial charge is 0.456 e. The van der Waals surface area contributed by atoms with Gasteiger partial charge in [0.2, 0.25) is 0 Å². The van der Waals surface area contributed by atoms with E-state index in [1.54, 1.807) is 0 Å². The first-order valence-electron chi connectivity index (χ1n) is 14.4. The lowest BCUT2D eigenvalue weighted by Gasteiger charge is -2.11. The zero-order valence-corrected chi connectivity index (χ0v) is 23.0. The first kappa shape index (κ1) is 23.8. The van der Waals surface area contributed by atoms with Crippen molar-refractivity contribution in [1.82, 2.24) is 15.0 Å². The van der Waals surface area contributed by atoms with E-state index in [4.69, 9.17) is 19.4 Å². The molecule has 0 spiro atoms. The van der Waals surface area contributed by atoms with Crippen LogP contribution in [0.5, 0.6) is 0 Å². The fraction of sp³-hybridized carbons (Fsp3) is 0. The van der Waals surface area contributed by atoms with Crippen molar-refractivity contribution in [2.24, 2.45) is 0 Å². The van der Waals surface area contributed by atoms with Gasteiger partial charge in [-0.3, -0.25) is 0 Å². The van der Waals surface area contributed by atoms with E-state index in [1.807, 2.05) is 60.7 Å². The smallest absolute Gasteiger partial charge is 0.164 e. The molecule has 0 atom stereocenters. The number of benzene rings is 7. The van der Waals surface area contributed by atoms with Gasteiger partial charge < -0.3 is 4.42 Å². The second-order valence-electron chi connectivity index (χ2n) is 10.9. The Morgan fingerprint density at radius 3 is 1.65 bits per heavy atom. The molecule has 200 valence electrons. The van der Waals surface area contributed by atoms with Crippen LogP contribution < -0.4 is 0 Å². The molecule has 2 heterocycles. The molecule has 0 aliphatic heterocycles. The molecule has 0 N–H and O–H groups in total. The van der Waals surface area contributed by atoms with Gasteiger partial charge in [-0.15, -0.1) is 0 Å². The Balaban J connectivity index is 1.27. The predicted molar refractivity (Wildman–Crippen MR) is 176 cm³/mol. The molecular weight excluding hydrogens is 526 g/mol. The quantitative estimate of drug-likeness (QED) is 0.206. The lowest BCUT2D eigenvalue weighted by molar-refractivity contribution is 0.669. The molecule has 0 saturated carbocycles. The second-order valence-corrected chi connectivity index (χ2v) is 10.9. The summed E-state index contributed by atoms with van der Waals surface area (Å²) in [7, 11) is 0. The van der Waals surface area contributed by atoms with Gasteiger partial charge in [0, 0.05) is 27.5 Å². The van der Waals surface area contributed by atoms with Gasteiger partial charge in [-0.1, -0.05) is 109 Å². The molecule has 4 heteroatoms. The minimum atomic E-state index is 0.625. The predicted octanol–water partition coefficient (Wildman–Crippen LogP) is 10.2. The van der Waals surface area contributed by atoms with Gasteiger partial charge in [-0.25, -0.2) is 15.0 Å². The maximum atomic E-state index is 6.08. The van der Waals surface area contributed by atoms with Crippen LogP contribution in [-0.2, 0) is 0 Å². The van der Waals surface area contributed by atoms with E-state index in [2.05, 4.69) is 78.9 Å². The van der Waals surface area contributed by atoms with Crippen molar-refractivity contribution in [1.29, 1.82) is 0 Å². The molecule has 0 amide bonds. The van der Waals surface area contributed by atoms with Crippen molar-refractivity contribution in [3.8, 4) is 34.2 Å². The molecule has 0 unspecified atom stereocenters. The normalized spacial score (nSPS) is 11.7. The van der Waals surface area contributed by atoms with E-state index in [0.717, 1.165) is 38.6 Å². The van der Waals surface area contributed by atoms with Crippen LogP contribution in [0.2, 0.25) is 0 Å². The van der Waals surface area contributed by atoms with Crippen molar-refractivity contribution >= 4 is 54.3 Å². The van der Waals surface area contributed by atoms with Crippen LogP contribution in [0, 0.1) is 0 Å². The van der Waals surface area contributed by atoms with Crippen molar-refractivity contribution in [2.45, 2.75) is 0 Å². The Kier molecular flexibility index (Phi) is 5.16. The average Bonchev–Trinajstić information content (AvgIpc) is 3.46. The fourth-order valence-electron chi connectivity index (χ4n) is 6.17. The van der Waals surface area contributed by atoms with Crippen molar-refractivity contribution < 1.29 is 4.42 Å². The van der Waals surface area contributed by atoms with Gasteiger partial charge in [0.05, 0.1) is 0 Å². The Labute approximate surface area is 246 Å². The van der Waals surface area contributed by atoms with Crippen LogP contribution in [0.1, 0.15) is 0 Å². The first-order chi connectivity index (χ1) is 21.3. The Morgan fingerprint density at radius 1 is 0.326 bits per heavy atom. The monoisotopic (exact) mass is 549 g/mol. The lowest BCUT2D eigenvalue weighted by Crippen LogP contribution is -2.00. The number of fused-ring (bicyclic) bond motifs is 8. The number of hydrogen-bond acceptors (Lipinski definition) is 4. The first-order valence-corrected chi connectivity index (χ1v) is 14.4. The van der Waals surface area contributed by atoms with Gasteiger partial charge in [0.15, 0.2) is 17.5 Å². The molecule has 0 bridgehead atoms. The summed E-state index contributed by atoms with van der Waals surface area (Å²) in [5.41, 5.74) is 4.52. The highest BCUT2D eigenvalue weighted by Crippen LogP contribution is 2.35. The van der Waals surface area contributed by atoms with Crippen molar-refractivity contribution in [3.05, 3.63) is 140 Å². The lowest BCUT2D eigenvalue weighted by atomic mass is 9.96. The molecular formula is C39H23N3O. The second kappa shape index (κ2) is 9.33. The maximum Gasteiger partial charge on any atom is 0.164 e. The summed E-state index contributed by atoms with van der Waals surface area (Å²) in [6.45, 7) is 0. The summed E-state index contributed by atoms with van der Waals surface area (Å²) in [4.78, 5) is 15.0. The van der Waals surface area contributed by atoms with Gasteiger partial charge in [-0.2, -0.15) is 0 Å². The molecule has 9 rings (SSSR count). The van der Waals surface area contributed by atoms with Crippen LogP contribution in [-0.4, -0.2) is 15.0 Å². The minimum Gasteiger partial charge on any atom is -0.456 e. The van der Waals surface area contributed by atoms with E-state index in [-0.39, 0.29) is 0 Å². The molecule has 2 aromatic heterocycles. The molecule has 0 saturated heterocycles. The maximum absolute atomic E-state index is 6.08. The molecule has 43 heavy (non-hydrogen) atoms. The number of aromatic nitrogens is 3. The summed E-state index contributed by atoms with van der Waals surface area (Å²) < 4.78 is 6.08. The molecule has 9 aromatic rings. The van der Waals surface area contributed by atoms with Gasteiger partial charge in [-0.05, 0) is 62.6 Å². The summed E-state index contributed by atoms with van der Waals surface area (Å²) >= 11 is 0. The van der Waals surface area contributed by atoms with Crippen LogP contribution in [0.15, 0.2) is 144 Å². The minimum absolute atomic E-state index is 0.625. The van der Waals surface area contributed by atoms with E-state index in [1.165, 1.54) is 32.3 Å². The van der Waals surface area contributed by atoms with E-state index < -0.39 is 0 Å². The molecule has 7 aromatic carbocycles.